The van der Waals surface area contributed by atoms with Gasteiger partial charge in [0.25, 0.3) is 0 Å². The summed E-state index contributed by atoms with van der Waals surface area (Å²) in [5.41, 5.74) is 5.69. The van der Waals surface area contributed by atoms with Crippen LogP contribution in [0.15, 0.2) is 0 Å². The molecular weight excluding hydrogens is 224 g/mol. The van der Waals surface area contributed by atoms with E-state index in [4.69, 9.17) is 5.73 Å². The predicted molar refractivity (Wildman–Crippen MR) is 76.4 cm³/mol. The van der Waals surface area contributed by atoms with E-state index < -0.39 is 0 Å². The van der Waals surface area contributed by atoms with E-state index in [9.17, 15) is 4.79 Å². The summed E-state index contributed by atoms with van der Waals surface area (Å²) in [5, 5.41) is 0. The Balaban J connectivity index is 2.03. The average Bonchev–Trinajstić information content (AvgIpc) is 2.85. The standard InChI is InChI=1S/C15H30N2O/c1-2-3-4-5-6-7-8-11-15(18)17-12-9-10-14(17)13-16/h14H,2-13,16H2,1H3. The number of rotatable bonds is 9. The monoisotopic (exact) mass is 254 g/mol. The SMILES string of the molecule is CCCCCCCCCC(=O)N1CCCC1CN. The Kier molecular flexibility index (Phi) is 8.06. The maximum atomic E-state index is 12.0. The molecule has 1 amide bonds. The molecule has 1 aliphatic rings. The van der Waals surface area contributed by atoms with Gasteiger partial charge < -0.3 is 10.6 Å². The topological polar surface area (TPSA) is 46.3 Å². The lowest BCUT2D eigenvalue weighted by atomic mass is 10.1. The summed E-state index contributed by atoms with van der Waals surface area (Å²) in [6.45, 7) is 3.79. The van der Waals surface area contributed by atoms with Gasteiger partial charge in [0.15, 0.2) is 0 Å². The molecule has 0 saturated carbocycles. The third kappa shape index (κ3) is 5.38. The largest absolute Gasteiger partial charge is 0.338 e. The second kappa shape index (κ2) is 9.37. The Morgan fingerprint density at radius 1 is 1.17 bits per heavy atom. The molecule has 18 heavy (non-hydrogen) atoms. The number of hydrogen-bond acceptors (Lipinski definition) is 2. The highest BCUT2D eigenvalue weighted by molar-refractivity contribution is 5.76. The number of nitrogens with zero attached hydrogens (tertiary/aromatic N) is 1. The van der Waals surface area contributed by atoms with Crippen LogP contribution in [-0.2, 0) is 4.79 Å². The first-order valence-electron chi connectivity index (χ1n) is 7.79. The summed E-state index contributed by atoms with van der Waals surface area (Å²) in [5.74, 6) is 0.330. The van der Waals surface area contributed by atoms with Gasteiger partial charge in [-0.1, -0.05) is 45.4 Å². The second-order valence-electron chi connectivity index (χ2n) is 5.49. The van der Waals surface area contributed by atoms with Crippen LogP contribution in [-0.4, -0.2) is 29.9 Å². The van der Waals surface area contributed by atoms with Gasteiger partial charge >= 0.3 is 0 Å². The second-order valence-corrected chi connectivity index (χ2v) is 5.49. The molecule has 2 N–H and O–H groups in total. The zero-order valence-electron chi connectivity index (χ0n) is 12.0. The van der Waals surface area contributed by atoms with Crippen LogP contribution in [0.4, 0.5) is 0 Å². The summed E-state index contributed by atoms with van der Waals surface area (Å²) in [6.07, 6.45) is 11.8. The van der Waals surface area contributed by atoms with Gasteiger partial charge in [-0.25, -0.2) is 0 Å². The fraction of sp³-hybridized carbons (Fsp3) is 0.933. The van der Waals surface area contributed by atoms with E-state index in [2.05, 4.69) is 6.92 Å². The van der Waals surface area contributed by atoms with Gasteiger partial charge in [0.1, 0.15) is 0 Å². The fourth-order valence-electron chi connectivity index (χ4n) is 2.79. The fourth-order valence-corrected chi connectivity index (χ4v) is 2.79. The first kappa shape index (κ1) is 15.5. The van der Waals surface area contributed by atoms with Gasteiger partial charge in [0, 0.05) is 25.6 Å². The maximum absolute atomic E-state index is 12.0. The third-order valence-corrected chi connectivity index (χ3v) is 3.96. The van der Waals surface area contributed by atoms with Crippen LogP contribution in [0.3, 0.4) is 0 Å². The van der Waals surface area contributed by atoms with Gasteiger partial charge in [-0.05, 0) is 19.3 Å². The molecule has 0 aromatic rings. The third-order valence-electron chi connectivity index (χ3n) is 3.96. The summed E-state index contributed by atoms with van der Waals surface area (Å²) < 4.78 is 0. The molecule has 0 aliphatic carbocycles. The molecule has 0 radical (unpaired) electrons. The van der Waals surface area contributed by atoms with E-state index in [1.807, 2.05) is 4.90 Å². The Labute approximate surface area is 112 Å². The van der Waals surface area contributed by atoms with Crippen molar-refractivity contribution < 1.29 is 4.79 Å². The van der Waals surface area contributed by atoms with E-state index in [0.29, 0.717) is 18.5 Å². The number of carbonyl (C=O) groups is 1. The van der Waals surface area contributed by atoms with Crippen LogP contribution in [0.5, 0.6) is 0 Å². The molecule has 0 aromatic carbocycles. The van der Waals surface area contributed by atoms with E-state index in [-0.39, 0.29) is 0 Å². The van der Waals surface area contributed by atoms with Crippen molar-refractivity contribution in [3.63, 3.8) is 0 Å². The molecule has 1 aliphatic heterocycles. The average molecular weight is 254 g/mol. The number of hydrogen-bond donors (Lipinski definition) is 1. The minimum Gasteiger partial charge on any atom is -0.338 e. The quantitative estimate of drug-likeness (QED) is 0.643. The van der Waals surface area contributed by atoms with Crippen molar-refractivity contribution >= 4 is 5.91 Å². The predicted octanol–water partition coefficient (Wildman–Crippen LogP) is 3.08. The highest BCUT2D eigenvalue weighted by atomic mass is 16.2. The zero-order valence-corrected chi connectivity index (χ0v) is 12.0. The minimum atomic E-state index is 0.321. The van der Waals surface area contributed by atoms with E-state index in [1.165, 1.54) is 38.5 Å². The van der Waals surface area contributed by atoms with Gasteiger partial charge in [-0.15, -0.1) is 0 Å². The molecular formula is C15H30N2O. The number of unbranched alkanes of at least 4 members (excludes halogenated alkanes) is 6. The lowest BCUT2D eigenvalue weighted by Gasteiger charge is -2.23. The Hall–Kier alpha value is -0.570. The first-order valence-corrected chi connectivity index (χ1v) is 7.79. The van der Waals surface area contributed by atoms with Crippen LogP contribution in [0, 0.1) is 0 Å². The molecule has 1 saturated heterocycles. The summed E-state index contributed by atoms with van der Waals surface area (Å²) >= 11 is 0. The molecule has 0 aromatic heterocycles. The van der Waals surface area contributed by atoms with E-state index in [0.717, 1.165) is 32.2 Å². The molecule has 1 atom stereocenters. The molecule has 3 heteroatoms. The van der Waals surface area contributed by atoms with Gasteiger partial charge in [-0.2, -0.15) is 0 Å². The Morgan fingerprint density at radius 3 is 2.50 bits per heavy atom. The Bertz CT molecular complexity index is 231. The van der Waals surface area contributed by atoms with Crippen molar-refractivity contribution in [2.75, 3.05) is 13.1 Å². The lowest BCUT2D eigenvalue weighted by Crippen LogP contribution is -2.39. The summed E-state index contributed by atoms with van der Waals surface area (Å²) in [7, 11) is 0. The van der Waals surface area contributed by atoms with Crippen LogP contribution in [0.25, 0.3) is 0 Å². The molecule has 0 spiro atoms. The molecule has 1 unspecified atom stereocenters. The van der Waals surface area contributed by atoms with Crippen LogP contribution < -0.4 is 5.73 Å². The van der Waals surface area contributed by atoms with Crippen LogP contribution in [0.1, 0.15) is 71.1 Å². The number of likely N-dealkylation sites (tertiary alicyclic amines) is 1. The van der Waals surface area contributed by atoms with Gasteiger partial charge in [0.05, 0.1) is 0 Å². The van der Waals surface area contributed by atoms with E-state index >= 15 is 0 Å². The highest BCUT2D eigenvalue weighted by Crippen LogP contribution is 2.18. The smallest absolute Gasteiger partial charge is 0.222 e. The van der Waals surface area contributed by atoms with Gasteiger partial charge in [-0.3, -0.25) is 4.79 Å². The first-order chi connectivity index (χ1) is 8.79. The molecule has 0 bridgehead atoms. The molecule has 3 nitrogen and oxygen atoms in total. The zero-order chi connectivity index (χ0) is 13.2. The van der Waals surface area contributed by atoms with Crippen LogP contribution >= 0.6 is 0 Å². The summed E-state index contributed by atoms with van der Waals surface area (Å²) in [6, 6.07) is 0.321. The molecule has 1 fully saturated rings. The lowest BCUT2D eigenvalue weighted by molar-refractivity contribution is -0.131. The van der Waals surface area contributed by atoms with Crippen molar-refractivity contribution in [1.82, 2.24) is 4.90 Å². The number of carbonyl (C=O) groups excluding carboxylic acids is 1. The summed E-state index contributed by atoms with van der Waals surface area (Å²) in [4.78, 5) is 14.0. The maximum Gasteiger partial charge on any atom is 0.222 e. The van der Waals surface area contributed by atoms with E-state index in [1.54, 1.807) is 0 Å². The van der Waals surface area contributed by atoms with Crippen molar-refractivity contribution in [3.8, 4) is 0 Å². The van der Waals surface area contributed by atoms with Crippen molar-refractivity contribution in [2.24, 2.45) is 5.73 Å². The van der Waals surface area contributed by atoms with Gasteiger partial charge in [0.2, 0.25) is 5.91 Å². The van der Waals surface area contributed by atoms with Crippen molar-refractivity contribution in [1.29, 1.82) is 0 Å². The number of amides is 1. The molecule has 1 rings (SSSR count). The van der Waals surface area contributed by atoms with Crippen LogP contribution in [0.2, 0.25) is 0 Å². The van der Waals surface area contributed by atoms with Crippen molar-refractivity contribution in [2.45, 2.75) is 77.2 Å². The molecule has 106 valence electrons. The highest BCUT2D eigenvalue weighted by Gasteiger charge is 2.26. The Morgan fingerprint density at radius 2 is 1.83 bits per heavy atom. The van der Waals surface area contributed by atoms with Crippen molar-refractivity contribution in [3.05, 3.63) is 0 Å². The molecule has 1 heterocycles. The minimum absolute atomic E-state index is 0.321. The number of nitrogens with two attached hydrogens (primary N) is 1. The normalized spacial score (nSPS) is 19.4.